The van der Waals surface area contributed by atoms with Gasteiger partial charge in [-0.1, -0.05) is 259 Å². The third-order valence-corrected chi connectivity index (χ3v) is 12.6. The number of carbonyl (C=O) groups excluding carboxylic acids is 3. The lowest BCUT2D eigenvalue weighted by atomic mass is 9.99. The third-order valence-electron chi connectivity index (χ3n) is 12.6. The highest BCUT2D eigenvalue weighted by Crippen LogP contribution is 2.18. The van der Waals surface area contributed by atoms with Crippen LogP contribution >= 0.6 is 0 Å². The van der Waals surface area contributed by atoms with Crippen LogP contribution in [-0.2, 0) is 28.6 Å². The summed E-state index contributed by atoms with van der Waals surface area (Å²) in [6, 6.07) is 0. The van der Waals surface area contributed by atoms with Crippen molar-refractivity contribution in [1.82, 2.24) is 0 Å². The largest absolute Gasteiger partial charge is 0.462 e. The first kappa shape index (κ1) is 58.4. The van der Waals surface area contributed by atoms with Crippen molar-refractivity contribution in [3.8, 4) is 0 Å². The van der Waals surface area contributed by atoms with Crippen molar-refractivity contribution < 1.29 is 28.6 Å². The van der Waals surface area contributed by atoms with Gasteiger partial charge in [0.05, 0.1) is 0 Å². The predicted octanol–water partition coefficient (Wildman–Crippen LogP) is 17.3. The van der Waals surface area contributed by atoms with E-state index in [4.69, 9.17) is 14.2 Å². The number of unbranched alkanes of at least 4 members (excludes halogenated alkanes) is 32. The molecule has 0 radical (unpaired) electrons. The molecule has 0 heterocycles. The quantitative estimate of drug-likeness (QED) is 0.0345. The summed E-state index contributed by atoms with van der Waals surface area (Å²) >= 11 is 0. The lowest BCUT2D eigenvalue weighted by Crippen LogP contribution is -2.30. The molecule has 0 spiro atoms. The Labute approximate surface area is 374 Å². The molecule has 0 N–H and O–H groups in total. The van der Waals surface area contributed by atoms with Crippen LogP contribution < -0.4 is 0 Å². The standard InChI is InChI=1S/C54H104O6/c1-6-8-9-10-11-12-24-29-34-39-44-52(55)58-47-51(48-59-53(56)45-40-35-30-25-21-17-18-22-27-32-37-42-49(3)4)60-54(57)46-41-36-31-26-20-16-14-13-15-19-23-28-33-38-43-50(5)7-2/h49-51H,6-48H2,1-5H3/t50?,51-/m0/s1. The van der Waals surface area contributed by atoms with E-state index in [2.05, 4.69) is 34.6 Å². The summed E-state index contributed by atoms with van der Waals surface area (Å²) in [6.07, 6.45) is 48.0. The molecule has 1 unspecified atom stereocenters. The smallest absolute Gasteiger partial charge is 0.306 e. The zero-order valence-corrected chi connectivity index (χ0v) is 41.1. The minimum Gasteiger partial charge on any atom is -0.462 e. The summed E-state index contributed by atoms with van der Waals surface area (Å²) in [7, 11) is 0. The van der Waals surface area contributed by atoms with Gasteiger partial charge in [0.1, 0.15) is 13.2 Å². The molecule has 0 fully saturated rings. The lowest BCUT2D eigenvalue weighted by molar-refractivity contribution is -0.167. The van der Waals surface area contributed by atoms with Crippen LogP contribution in [0, 0.1) is 11.8 Å². The molecular weight excluding hydrogens is 745 g/mol. The van der Waals surface area contributed by atoms with Gasteiger partial charge in [-0.25, -0.2) is 0 Å². The van der Waals surface area contributed by atoms with Gasteiger partial charge >= 0.3 is 17.9 Å². The molecule has 6 heteroatoms. The van der Waals surface area contributed by atoms with Crippen LogP contribution in [0.5, 0.6) is 0 Å². The highest BCUT2D eigenvalue weighted by molar-refractivity contribution is 5.71. The van der Waals surface area contributed by atoms with E-state index in [1.165, 1.54) is 186 Å². The van der Waals surface area contributed by atoms with Crippen LogP contribution in [0.1, 0.15) is 298 Å². The average molecular weight is 849 g/mol. The second-order valence-corrected chi connectivity index (χ2v) is 19.2. The zero-order valence-electron chi connectivity index (χ0n) is 41.1. The van der Waals surface area contributed by atoms with Crippen molar-refractivity contribution in [2.75, 3.05) is 13.2 Å². The first-order valence-electron chi connectivity index (χ1n) is 26.8. The molecule has 0 saturated carbocycles. The van der Waals surface area contributed by atoms with Gasteiger partial charge in [-0.15, -0.1) is 0 Å². The Morgan fingerprint density at radius 1 is 0.350 bits per heavy atom. The van der Waals surface area contributed by atoms with Gasteiger partial charge in [0.25, 0.3) is 0 Å². The van der Waals surface area contributed by atoms with E-state index in [1.807, 2.05) is 0 Å². The minimum atomic E-state index is -0.761. The maximum absolute atomic E-state index is 12.8. The highest BCUT2D eigenvalue weighted by Gasteiger charge is 2.19. The van der Waals surface area contributed by atoms with Crippen molar-refractivity contribution in [2.24, 2.45) is 11.8 Å². The SMILES string of the molecule is CCCCCCCCCCCCC(=O)OC[C@@H](COC(=O)CCCCCCCCCCCCCC(C)C)OC(=O)CCCCCCCCCCCCCCCCC(C)CC. The van der Waals surface area contributed by atoms with Crippen LogP contribution in [0.2, 0.25) is 0 Å². The maximum Gasteiger partial charge on any atom is 0.306 e. The Balaban J connectivity index is 4.27. The van der Waals surface area contributed by atoms with Gasteiger partial charge in [0.15, 0.2) is 6.10 Å². The molecule has 0 aliphatic rings. The van der Waals surface area contributed by atoms with Gasteiger partial charge in [-0.2, -0.15) is 0 Å². The summed E-state index contributed by atoms with van der Waals surface area (Å²) in [5.74, 6) is 0.874. The number of esters is 3. The third kappa shape index (κ3) is 45.9. The van der Waals surface area contributed by atoms with E-state index in [1.54, 1.807) is 0 Å². The monoisotopic (exact) mass is 849 g/mol. The first-order valence-corrected chi connectivity index (χ1v) is 26.8. The number of carbonyl (C=O) groups is 3. The number of rotatable bonds is 48. The molecule has 0 aliphatic heterocycles. The van der Waals surface area contributed by atoms with Crippen molar-refractivity contribution >= 4 is 17.9 Å². The molecule has 0 saturated heterocycles. The lowest BCUT2D eigenvalue weighted by Gasteiger charge is -2.18. The van der Waals surface area contributed by atoms with E-state index >= 15 is 0 Å². The van der Waals surface area contributed by atoms with Crippen LogP contribution in [0.3, 0.4) is 0 Å². The molecule has 356 valence electrons. The van der Waals surface area contributed by atoms with Gasteiger partial charge < -0.3 is 14.2 Å². The summed E-state index contributed by atoms with van der Waals surface area (Å²) in [5.41, 5.74) is 0. The second kappa shape index (κ2) is 46.9. The van der Waals surface area contributed by atoms with Gasteiger partial charge in [0, 0.05) is 19.3 Å². The average Bonchev–Trinajstić information content (AvgIpc) is 3.23. The zero-order chi connectivity index (χ0) is 44.0. The van der Waals surface area contributed by atoms with Crippen molar-refractivity contribution in [2.45, 2.75) is 304 Å². The normalized spacial score (nSPS) is 12.5. The summed E-state index contributed by atoms with van der Waals surface area (Å²) in [6.45, 7) is 11.4. The Bertz CT molecular complexity index is 918. The van der Waals surface area contributed by atoms with Crippen molar-refractivity contribution in [3.63, 3.8) is 0 Å². The fourth-order valence-corrected chi connectivity index (χ4v) is 8.13. The fourth-order valence-electron chi connectivity index (χ4n) is 8.13. The van der Waals surface area contributed by atoms with E-state index in [-0.39, 0.29) is 31.1 Å². The molecule has 0 aromatic rings. The molecule has 60 heavy (non-hydrogen) atoms. The Morgan fingerprint density at radius 3 is 0.950 bits per heavy atom. The summed E-state index contributed by atoms with van der Waals surface area (Å²) in [4.78, 5) is 37.9. The van der Waals surface area contributed by atoms with Crippen molar-refractivity contribution in [3.05, 3.63) is 0 Å². The Hall–Kier alpha value is -1.59. The Kier molecular flexibility index (Phi) is 45.7. The first-order chi connectivity index (χ1) is 29.3. The van der Waals surface area contributed by atoms with E-state index in [0.717, 1.165) is 69.6 Å². The van der Waals surface area contributed by atoms with Gasteiger partial charge in [-0.3, -0.25) is 14.4 Å². The van der Waals surface area contributed by atoms with Crippen molar-refractivity contribution in [1.29, 1.82) is 0 Å². The number of ether oxygens (including phenoxy) is 3. The Morgan fingerprint density at radius 2 is 0.633 bits per heavy atom. The molecule has 0 rings (SSSR count). The molecule has 6 nitrogen and oxygen atoms in total. The molecular formula is C54H104O6. The second-order valence-electron chi connectivity index (χ2n) is 19.2. The minimum absolute atomic E-state index is 0.0635. The summed E-state index contributed by atoms with van der Waals surface area (Å²) < 4.78 is 16.8. The maximum atomic E-state index is 12.8. The van der Waals surface area contributed by atoms with E-state index in [0.29, 0.717) is 19.3 Å². The van der Waals surface area contributed by atoms with E-state index < -0.39 is 6.10 Å². The highest BCUT2D eigenvalue weighted by atomic mass is 16.6. The molecule has 0 aromatic heterocycles. The van der Waals surface area contributed by atoms with Gasteiger partial charge in [0.2, 0.25) is 0 Å². The predicted molar refractivity (Wildman–Crippen MR) is 256 cm³/mol. The molecule has 2 atom stereocenters. The summed E-state index contributed by atoms with van der Waals surface area (Å²) in [5, 5.41) is 0. The fraction of sp³-hybridized carbons (Fsp3) is 0.944. The topological polar surface area (TPSA) is 78.9 Å². The van der Waals surface area contributed by atoms with Crippen LogP contribution in [-0.4, -0.2) is 37.2 Å². The molecule has 0 aromatic carbocycles. The van der Waals surface area contributed by atoms with E-state index in [9.17, 15) is 14.4 Å². The molecule has 0 aliphatic carbocycles. The molecule has 0 amide bonds. The molecule has 0 bridgehead atoms. The number of hydrogen-bond donors (Lipinski definition) is 0. The van der Waals surface area contributed by atoms with Crippen LogP contribution in [0.25, 0.3) is 0 Å². The van der Waals surface area contributed by atoms with Crippen LogP contribution in [0.4, 0.5) is 0 Å². The van der Waals surface area contributed by atoms with Gasteiger partial charge in [-0.05, 0) is 31.1 Å². The number of hydrogen-bond acceptors (Lipinski definition) is 6. The van der Waals surface area contributed by atoms with Crippen LogP contribution in [0.15, 0.2) is 0 Å².